The summed E-state index contributed by atoms with van der Waals surface area (Å²) in [6.45, 7) is 5.20. The molecule has 1 atom stereocenters. The van der Waals surface area contributed by atoms with E-state index in [0.717, 1.165) is 12.1 Å². The van der Waals surface area contributed by atoms with Crippen molar-refractivity contribution in [3.63, 3.8) is 0 Å². The summed E-state index contributed by atoms with van der Waals surface area (Å²) in [5, 5.41) is 1.07. The van der Waals surface area contributed by atoms with Crippen LogP contribution in [0.15, 0.2) is 48.7 Å². The first-order valence-electron chi connectivity index (χ1n) is 10.1. The number of nitrogen functional groups attached to an aromatic ring is 1. The highest BCUT2D eigenvalue weighted by Gasteiger charge is 2.18. The van der Waals surface area contributed by atoms with Crippen molar-refractivity contribution >= 4 is 29.0 Å². The van der Waals surface area contributed by atoms with Gasteiger partial charge in [0.05, 0.1) is 11.9 Å². The zero-order valence-electron chi connectivity index (χ0n) is 16.8. The number of halogens is 2. The third-order valence-electron chi connectivity index (χ3n) is 5.32. The molecule has 5 nitrogen and oxygen atoms in total. The second-order valence-electron chi connectivity index (χ2n) is 7.52. The van der Waals surface area contributed by atoms with Crippen LogP contribution < -0.4 is 10.5 Å². The number of anilines is 1. The highest BCUT2D eigenvalue weighted by atomic mass is 35.5. The molecule has 1 aromatic heterocycles. The third kappa shape index (κ3) is 4.69. The van der Waals surface area contributed by atoms with E-state index in [1.54, 1.807) is 24.4 Å². The minimum Gasteiger partial charge on any atom is -0.467 e. The van der Waals surface area contributed by atoms with Crippen molar-refractivity contribution in [1.82, 2.24) is 14.9 Å². The number of aromatic nitrogens is 2. The molecule has 1 saturated heterocycles. The first kappa shape index (κ1) is 20.9. The summed E-state index contributed by atoms with van der Waals surface area (Å²) in [4.78, 5) is 11.3. The molecule has 1 aliphatic rings. The van der Waals surface area contributed by atoms with Crippen molar-refractivity contribution in [2.24, 2.45) is 0 Å². The lowest BCUT2D eigenvalue weighted by atomic mass is 10.1. The zero-order chi connectivity index (χ0) is 21.1. The fourth-order valence-electron chi connectivity index (χ4n) is 3.71. The number of likely N-dealkylation sites (tertiary alicyclic amines) is 1. The molecule has 0 unspecified atom stereocenters. The van der Waals surface area contributed by atoms with Gasteiger partial charge in [-0.2, -0.15) is 0 Å². The molecular formula is C23H24Cl2N4O. The standard InChI is InChI=1S/C23H24Cl2N4O/c1-15(21-18(24)5-4-6-19(21)25)30-23-22(26)27-13-20(28-23)17-9-7-16(8-10-17)14-29-11-2-3-12-29/h4-10,13,15H,2-3,11-12,14H2,1H3,(H2,26,27)/t15-/m0/s1. The Balaban J connectivity index is 1.53. The molecule has 7 heteroatoms. The van der Waals surface area contributed by atoms with Gasteiger partial charge in [0, 0.05) is 27.7 Å². The third-order valence-corrected chi connectivity index (χ3v) is 5.98. The average Bonchev–Trinajstić information content (AvgIpc) is 3.23. The summed E-state index contributed by atoms with van der Waals surface area (Å²) in [7, 11) is 0. The van der Waals surface area contributed by atoms with Gasteiger partial charge in [-0.1, -0.05) is 53.5 Å². The second-order valence-corrected chi connectivity index (χ2v) is 8.34. The molecule has 30 heavy (non-hydrogen) atoms. The lowest BCUT2D eigenvalue weighted by molar-refractivity contribution is 0.218. The van der Waals surface area contributed by atoms with Gasteiger partial charge in [0.15, 0.2) is 5.82 Å². The number of benzene rings is 2. The van der Waals surface area contributed by atoms with E-state index in [-0.39, 0.29) is 11.7 Å². The van der Waals surface area contributed by atoms with Crippen LogP contribution in [0.4, 0.5) is 5.82 Å². The molecule has 0 amide bonds. The van der Waals surface area contributed by atoms with Crippen LogP contribution in [0, 0.1) is 0 Å². The normalized spacial score (nSPS) is 15.3. The number of hydrogen-bond acceptors (Lipinski definition) is 5. The van der Waals surface area contributed by atoms with Crippen LogP contribution in [0.2, 0.25) is 10.0 Å². The van der Waals surface area contributed by atoms with E-state index in [2.05, 4.69) is 39.1 Å². The Hall–Kier alpha value is -2.34. The van der Waals surface area contributed by atoms with Crippen molar-refractivity contribution in [2.75, 3.05) is 18.8 Å². The maximum Gasteiger partial charge on any atom is 0.258 e. The van der Waals surface area contributed by atoms with Crippen LogP contribution in [-0.2, 0) is 6.54 Å². The lowest BCUT2D eigenvalue weighted by Crippen LogP contribution is -2.18. The quantitative estimate of drug-likeness (QED) is 0.524. The summed E-state index contributed by atoms with van der Waals surface area (Å²) < 4.78 is 5.99. The predicted octanol–water partition coefficient (Wildman–Crippen LogP) is 5.77. The second kappa shape index (κ2) is 9.21. The predicted molar refractivity (Wildman–Crippen MR) is 122 cm³/mol. The van der Waals surface area contributed by atoms with Crippen LogP contribution in [0.1, 0.15) is 37.0 Å². The summed E-state index contributed by atoms with van der Waals surface area (Å²) in [5.41, 5.74) is 9.66. The Morgan fingerprint density at radius 1 is 1.07 bits per heavy atom. The van der Waals surface area contributed by atoms with E-state index in [1.807, 2.05) is 6.92 Å². The molecule has 1 aliphatic heterocycles. The number of hydrogen-bond donors (Lipinski definition) is 1. The lowest BCUT2D eigenvalue weighted by Gasteiger charge is -2.18. The van der Waals surface area contributed by atoms with Crippen molar-refractivity contribution in [2.45, 2.75) is 32.4 Å². The minimum atomic E-state index is -0.430. The largest absolute Gasteiger partial charge is 0.467 e. The molecule has 0 spiro atoms. The van der Waals surface area contributed by atoms with Gasteiger partial charge in [0.25, 0.3) is 5.88 Å². The van der Waals surface area contributed by atoms with E-state index in [4.69, 9.17) is 33.7 Å². The summed E-state index contributed by atoms with van der Waals surface area (Å²) >= 11 is 12.6. The monoisotopic (exact) mass is 442 g/mol. The Labute approximate surface area is 186 Å². The summed E-state index contributed by atoms with van der Waals surface area (Å²) in [6.07, 6.45) is 3.81. The van der Waals surface area contributed by atoms with Gasteiger partial charge in [-0.25, -0.2) is 9.97 Å². The first-order chi connectivity index (χ1) is 14.5. The Kier molecular flexibility index (Phi) is 6.42. The van der Waals surface area contributed by atoms with Gasteiger partial charge in [0.2, 0.25) is 0 Å². The smallest absolute Gasteiger partial charge is 0.258 e. The summed E-state index contributed by atoms with van der Waals surface area (Å²) in [5.74, 6) is 0.483. The SMILES string of the molecule is C[C@H](Oc1nc(-c2ccc(CN3CCCC3)cc2)cnc1N)c1c(Cl)cccc1Cl. The number of ether oxygens (including phenoxy) is 1. The van der Waals surface area contributed by atoms with E-state index in [1.165, 1.54) is 31.5 Å². The molecule has 0 saturated carbocycles. The number of rotatable bonds is 6. The van der Waals surface area contributed by atoms with Crippen LogP contribution >= 0.6 is 23.2 Å². The number of nitrogens with zero attached hydrogens (tertiary/aromatic N) is 3. The van der Waals surface area contributed by atoms with Crippen molar-refractivity contribution in [3.8, 4) is 17.1 Å². The van der Waals surface area contributed by atoms with Gasteiger partial charge in [0.1, 0.15) is 6.10 Å². The van der Waals surface area contributed by atoms with Crippen LogP contribution in [0.5, 0.6) is 5.88 Å². The molecule has 0 aliphatic carbocycles. The van der Waals surface area contributed by atoms with E-state index >= 15 is 0 Å². The fourth-order valence-corrected chi connectivity index (χ4v) is 4.42. The Bertz CT molecular complexity index is 1000. The van der Waals surface area contributed by atoms with Crippen molar-refractivity contribution in [1.29, 1.82) is 0 Å². The highest BCUT2D eigenvalue weighted by molar-refractivity contribution is 6.36. The fraction of sp³-hybridized carbons (Fsp3) is 0.304. The summed E-state index contributed by atoms with van der Waals surface area (Å²) in [6, 6.07) is 13.7. The average molecular weight is 443 g/mol. The van der Waals surface area contributed by atoms with Gasteiger partial charge < -0.3 is 10.5 Å². The van der Waals surface area contributed by atoms with Crippen LogP contribution in [0.25, 0.3) is 11.3 Å². The number of nitrogens with two attached hydrogens (primary N) is 1. The van der Waals surface area contributed by atoms with Gasteiger partial charge in [-0.3, -0.25) is 4.90 Å². The van der Waals surface area contributed by atoms with Crippen molar-refractivity contribution < 1.29 is 4.74 Å². The maximum atomic E-state index is 6.30. The Morgan fingerprint density at radius 3 is 2.40 bits per heavy atom. The van der Waals surface area contributed by atoms with E-state index in [9.17, 15) is 0 Å². The molecule has 3 aromatic rings. The Morgan fingerprint density at radius 2 is 1.73 bits per heavy atom. The van der Waals surface area contributed by atoms with Gasteiger partial charge in [-0.05, 0) is 50.6 Å². The highest BCUT2D eigenvalue weighted by Crippen LogP contribution is 2.34. The maximum absolute atomic E-state index is 6.30. The molecule has 4 rings (SSSR count). The first-order valence-corrected chi connectivity index (χ1v) is 10.8. The van der Waals surface area contributed by atoms with Crippen LogP contribution in [0.3, 0.4) is 0 Å². The van der Waals surface area contributed by atoms with Crippen LogP contribution in [-0.4, -0.2) is 28.0 Å². The topological polar surface area (TPSA) is 64.3 Å². The minimum absolute atomic E-state index is 0.222. The van der Waals surface area contributed by atoms with Gasteiger partial charge in [-0.15, -0.1) is 0 Å². The zero-order valence-corrected chi connectivity index (χ0v) is 18.3. The molecule has 2 N–H and O–H groups in total. The molecule has 1 fully saturated rings. The van der Waals surface area contributed by atoms with Crippen molar-refractivity contribution in [3.05, 3.63) is 69.8 Å². The van der Waals surface area contributed by atoms with Gasteiger partial charge >= 0.3 is 0 Å². The molecular weight excluding hydrogens is 419 g/mol. The van der Waals surface area contributed by atoms with E-state index in [0.29, 0.717) is 21.3 Å². The molecule has 156 valence electrons. The molecule has 2 heterocycles. The molecule has 0 radical (unpaired) electrons. The molecule has 0 bridgehead atoms. The molecule has 2 aromatic carbocycles. The van der Waals surface area contributed by atoms with E-state index < -0.39 is 6.10 Å².